The Hall–Kier alpha value is -2.80. The monoisotopic (exact) mass is 401 g/mol. The number of para-hydroxylation sites is 1. The molecule has 0 radical (unpaired) electrons. The van der Waals surface area contributed by atoms with Gasteiger partial charge in [0.1, 0.15) is 23.9 Å². The first-order chi connectivity index (χ1) is 13.9. The first-order valence-corrected chi connectivity index (χ1v) is 9.99. The van der Waals surface area contributed by atoms with Gasteiger partial charge in [0.15, 0.2) is 0 Å². The predicted octanol–water partition coefficient (Wildman–Crippen LogP) is 2.66. The molecule has 2 rings (SSSR count). The van der Waals surface area contributed by atoms with Gasteiger partial charge in [-0.25, -0.2) is 0 Å². The highest BCUT2D eigenvalue weighted by atomic mass is 16.5. The van der Waals surface area contributed by atoms with Crippen molar-refractivity contribution >= 4 is 11.8 Å². The number of carbonyl (C=O) groups excluding carboxylic acids is 2. The Morgan fingerprint density at radius 1 is 1.10 bits per heavy atom. The van der Waals surface area contributed by atoms with Gasteiger partial charge in [-0.05, 0) is 39.1 Å². The van der Waals surface area contributed by atoms with Crippen LogP contribution in [0.25, 0.3) is 0 Å². The molecule has 0 saturated carbocycles. The van der Waals surface area contributed by atoms with E-state index in [2.05, 4.69) is 29.4 Å². The smallest absolute Gasteiger partial charge is 0.255 e. The van der Waals surface area contributed by atoms with Crippen molar-refractivity contribution in [2.45, 2.75) is 34.2 Å². The number of rotatable bonds is 11. The fourth-order valence-corrected chi connectivity index (χ4v) is 2.98. The van der Waals surface area contributed by atoms with Crippen molar-refractivity contribution < 1.29 is 18.7 Å². The maximum absolute atomic E-state index is 12.2. The molecule has 1 aromatic heterocycles. The van der Waals surface area contributed by atoms with Gasteiger partial charge in [0.2, 0.25) is 5.91 Å². The Bertz CT molecular complexity index is 812. The number of likely N-dealkylation sites (N-methyl/N-ethyl adjacent to an activating group) is 1. The fourth-order valence-electron chi connectivity index (χ4n) is 2.98. The van der Waals surface area contributed by atoms with Gasteiger partial charge in [-0.2, -0.15) is 0 Å². The van der Waals surface area contributed by atoms with Crippen LogP contribution in [-0.2, 0) is 11.3 Å². The van der Waals surface area contributed by atoms with Gasteiger partial charge >= 0.3 is 0 Å². The van der Waals surface area contributed by atoms with E-state index >= 15 is 0 Å². The van der Waals surface area contributed by atoms with Crippen LogP contribution in [0.1, 0.15) is 41.3 Å². The Labute approximate surface area is 172 Å². The van der Waals surface area contributed by atoms with Crippen LogP contribution >= 0.6 is 0 Å². The highest BCUT2D eigenvalue weighted by molar-refractivity contribution is 5.97. The Kier molecular flexibility index (Phi) is 8.73. The van der Waals surface area contributed by atoms with Crippen LogP contribution in [-0.4, -0.2) is 49.5 Å². The number of hydrogen-bond donors (Lipinski definition) is 2. The van der Waals surface area contributed by atoms with Gasteiger partial charge in [0.25, 0.3) is 5.91 Å². The average molecular weight is 402 g/mol. The van der Waals surface area contributed by atoms with Crippen LogP contribution < -0.4 is 15.4 Å². The molecule has 2 amide bonds. The molecule has 0 spiro atoms. The zero-order chi connectivity index (χ0) is 21.2. The van der Waals surface area contributed by atoms with Crippen molar-refractivity contribution in [1.82, 2.24) is 15.5 Å². The van der Waals surface area contributed by atoms with Crippen molar-refractivity contribution in [3.63, 3.8) is 0 Å². The largest absolute Gasteiger partial charge is 0.492 e. The quantitative estimate of drug-likeness (QED) is 0.605. The van der Waals surface area contributed by atoms with Gasteiger partial charge in [-0.1, -0.05) is 32.0 Å². The fraction of sp³-hybridized carbons (Fsp3) is 0.455. The van der Waals surface area contributed by atoms with Crippen LogP contribution in [0, 0.1) is 13.8 Å². The molecule has 29 heavy (non-hydrogen) atoms. The van der Waals surface area contributed by atoms with E-state index in [0.717, 1.165) is 30.9 Å². The van der Waals surface area contributed by atoms with Crippen LogP contribution in [0.5, 0.6) is 5.75 Å². The highest BCUT2D eigenvalue weighted by Gasteiger charge is 2.14. The van der Waals surface area contributed by atoms with E-state index in [-0.39, 0.29) is 18.4 Å². The van der Waals surface area contributed by atoms with E-state index < -0.39 is 0 Å². The molecule has 0 atom stereocenters. The minimum atomic E-state index is -0.324. The number of carbonyl (C=O) groups is 2. The van der Waals surface area contributed by atoms with Crippen molar-refractivity contribution in [2.75, 3.05) is 32.8 Å². The Morgan fingerprint density at radius 2 is 1.83 bits per heavy atom. The standard InChI is InChI=1S/C22H31N3O4/c1-5-25(6-2)11-12-28-20-10-8-7-9-18(20)14-23-21(26)15-24-22(27)19-13-16(3)29-17(19)4/h7-10,13H,5-6,11-12,14-15H2,1-4H3,(H,23,26)(H,24,27). The number of benzene rings is 1. The first-order valence-electron chi connectivity index (χ1n) is 9.99. The molecule has 0 bridgehead atoms. The summed E-state index contributed by atoms with van der Waals surface area (Å²) in [4.78, 5) is 26.6. The minimum Gasteiger partial charge on any atom is -0.492 e. The van der Waals surface area contributed by atoms with E-state index in [1.165, 1.54) is 0 Å². The summed E-state index contributed by atoms with van der Waals surface area (Å²) in [6, 6.07) is 9.30. The van der Waals surface area contributed by atoms with E-state index in [1.54, 1.807) is 19.9 Å². The molecule has 0 aliphatic carbocycles. The molecule has 7 heteroatoms. The number of amides is 2. The lowest BCUT2D eigenvalue weighted by Crippen LogP contribution is -2.36. The summed E-state index contributed by atoms with van der Waals surface area (Å²) < 4.78 is 11.2. The summed E-state index contributed by atoms with van der Waals surface area (Å²) in [5, 5.41) is 5.44. The SMILES string of the molecule is CCN(CC)CCOc1ccccc1CNC(=O)CNC(=O)c1cc(C)oc1C. The van der Waals surface area contributed by atoms with Gasteiger partial charge < -0.3 is 24.7 Å². The second kappa shape index (κ2) is 11.3. The van der Waals surface area contributed by atoms with Crippen LogP contribution in [0.3, 0.4) is 0 Å². The van der Waals surface area contributed by atoms with Crippen molar-refractivity contribution in [2.24, 2.45) is 0 Å². The third kappa shape index (κ3) is 6.94. The zero-order valence-electron chi connectivity index (χ0n) is 17.7. The molecule has 2 aromatic rings. The van der Waals surface area contributed by atoms with Crippen LogP contribution in [0.4, 0.5) is 0 Å². The predicted molar refractivity (Wildman–Crippen MR) is 112 cm³/mol. The number of nitrogens with zero attached hydrogens (tertiary/aromatic N) is 1. The molecule has 1 aromatic carbocycles. The topological polar surface area (TPSA) is 83.8 Å². The lowest BCUT2D eigenvalue weighted by molar-refractivity contribution is -0.120. The third-order valence-corrected chi connectivity index (χ3v) is 4.70. The van der Waals surface area contributed by atoms with Crippen molar-refractivity contribution in [3.8, 4) is 5.75 Å². The van der Waals surface area contributed by atoms with Gasteiger partial charge in [-0.3, -0.25) is 9.59 Å². The zero-order valence-corrected chi connectivity index (χ0v) is 17.7. The summed E-state index contributed by atoms with van der Waals surface area (Å²) in [7, 11) is 0. The van der Waals surface area contributed by atoms with E-state index in [1.807, 2.05) is 24.3 Å². The van der Waals surface area contributed by atoms with E-state index in [0.29, 0.717) is 30.2 Å². The van der Waals surface area contributed by atoms with Crippen LogP contribution in [0.2, 0.25) is 0 Å². The second-order valence-electron chi connectivity index (χ2n) is 6.77. The molecule has 0 aliphatic rings. The average Bonchev–Trinajstić information content (AvgIpc) is 3.06. The number of ether oxygens (including phenoxy) is 1. The lowest BCUT2D eigenvalue weighted by Gasteiger charge is -2.19. The molecule has 1 heterocycles. The summed E-state index contributed by atoms with van der Waals surface area (Å²) in [5.74, 6) is 1.36. The third-order valence-electron chi connectivity index (χ3n) is 4.70. The number of hydrogen-bond acceptors (Lipinski definition) is 5. The summed E-state index contributed by atoms with van der Waals surface area (Å²) in [6.45, 7) is 11.4. The van der Waals surface area contributed by atoms with E-state index in [4.69, 9.17) is 9.15 Å². The van der Waals surface area contributed by atoms with Crippen molar-refractivity contribution in [3.05, 3.63) is 53.0 Å². The molecular formula is C22H31N3O4. The summed E-state index contributed by atoms with van der Waals surface area (Å²) >= 11 is 0. The van der Waals surface area contributed by atoms with Gasteiger partial charge in [-0.15, -0.1) is 0 Å². The molecule has 0 aliphatic heterocycles. The molecule has 0 unspecified atom stereocenters. The Balaban J connectivity index is 1.81. The minimum absolute atomic E-state index is 0.104. The maximum Gasteiger partial charge on any atom is 0.255 e. The summed E-state index contributed by atoms with van der Waals surface area (Å²) in [5.41, 5.74) is 1.34. The van der Waals surface area contributed by atoms with Gasteiger partial charge in [0, 0.05) is 18.7 Å². The highest BCUT2D eigenvalue weighted by Crippen LogP contribution is 2.17. The molecule has 0 saturated heterocycles. The van der Waals surface area contributed by atoms with E-state index in [9.17, 15) is 9.59 Å². The van der Waals surface area contributed by atoms with Gasteiger partial charge in [0.05, 0.1) is 12.1 Å². The molecule has 2 N–H and O–H groups in total. The molecule has 0 fully saturated rings. The Morgan fingerprint density at radius 3 is 2.48 bits per heavy atom. The van der Waals surface area contributed by atoms with Crippen molar-refractivity contribution in [1.29, 1.82) is 0 Å². The molecule has 158 valence electrons. The molecular weight excluding hydrogens is 370 g/mol. The summed E-state index contributed by atoms with van der Waals surface area (Å²) in [6.07, 6.45) is 0. The van der Waals surface area contributed by atoms with Crippen LogP contribution in [0.15, 0.2) is 34.7 Å². The second-order valence-corrected chi connectivity index (χ2v) is 6.77. The normalized spacial score (nSPS) is 10.8. The number of furan rings is 1. The lowest BCUT2D eigenvalue weighted by atomic mass is 10.2. The first kappa shape index (κ1) is 22.5. The maximum atomic E-state index is 12.2. The molecule has 7 nitrogen and oxygen atoms in total. The number of nitrogens with one attached hydrogen (secondary N) is 2. The number of aryl methyl sites for hydroxylation is 2.